The average molecular weight is 768 g/mol. The summed E-state index contributed by atoms with van der Waals surface area (Å²) in [5.41, 5.74) is 7.51. The van der Waals surface area contributed by atoms with Crippen LogP contribution in [0.3, 0.4) is 0 Å². The van der Waals surface area contributed by atoms with Gasteiger partial charge in [-0.3, -0.25) is 9.11 Å². The van der Waals surface area contributed by atoms with E-state index >= 15 is 0 Å². The smallest absolute Gasteiger partial charge is 0.266 e. The topological polar surface area (TPSA) is 220 Å². The summed E-state index contributed by atoms with van der Waals surface area (Å²) in [4.78, 5) is 13.7. The van der Waals surface area contributed by atoms with Crippen molar-refractivity contribution in [2.24, 2.45) is 0 Å². The van der Waals surface area contributed by atoms with Gasteiger partial charge in [0, 0.05) is 48.1 Å². The first-order valence-corrected chi connectivity index (χ1v) is 20.6. The highest BCUT2D eigenvalue weighted by atomic mass is 32.2. The molecule has 4 aromatic rings. The zero-order valence-electron chi connectivity index (χ0n) is 30.4. The Hall–Kier alpha value is -4.81. The van der Waals surface area contributed by atoms with E-state index in [1.807, 2.05) is 44.2 Å². The molecule has 53 heavy (non-hydrogen) atoms. The van der Waals surface area contributed by atoms with Crippen molar-refractivity contribution >= 4 is 72.7 Å². The van der Waals surface area contributed by atoms with E-state index in [-0.39, 0.29) is 13.1 Å². The number of rotatable bonds is 21. The van der Waals surface area contributed by atoms with E-state index in [0.717, 1.165) is 59.6 Å². The van der Waals surface area contributed by atoms with Gasteiger partial charge in [-0.1, -0.05) is 38.1 Å². The van der Waals surface area contributed by atoms with Crippen molar-refractivity contribution in [3.8, 4) is 0 Å². The zero-order chi connectivity index (χ0) is 38.4. The van der Waals surface area contributed by atoms with Gasteiger partial charge in [0.05, 0.1) is 18.1 Å². The second-order valence-electron chi connectivity index (χ2n) is 12.5. The third kappa shape index (κ3) is 14.6. The fourth-order valence-corrected chi connectivity index (χ4v) is 5.88. The van der Waals surface area contributed by atoms with Gasteiger partial charge in [0.25, 0.3) is 20.2 Å². The molecule has 0 amide bonds. The molecular formula is C36H49N9O6S2. The van der Waals surface area contributed by atoms with Crippen molar-refractivity contribution in [1.82, 2.24) is 20.3 Å². The van der Waals surface area contributed by atoms with Gasteiger partial charge in [-0.2, -0.15) is 31.8 Å². The van der Waals surface area contributed by atoms with Crippen LogP contribution in [0.5, 0.6) is 0 Å². The normalized spacial score (nSPS) is 11.8. The predicted octanol–water partition coefficient (Wildman–Crippen LogP) is 6.07. The first kappa shape index (κ1) is 41.0. The van der Waals surface area contributed by atoms with E-state index in [4.69, 9.17) is 9.11 Å². The van der Waals surface area contributed by atoms with Crippen molar-refractivity contribution in [1.29, 1.82) is 0 Å². The standard InChI is InChI=1S/C36H49N9O6S2/c1-5-13-37-24-34-43-35(40-14-6-2)45-36(44-34)42-30-12-10-28(26(4)20-30)8-7-27-9-11-29(19-25(27)3)41-33-22-31(38-15-17-52(46,47)48)21-32(23-33)39-16-18-53(49,50)51/h7-12,19-23,37-39,41H,5-6,13-18,24H2,1-4H3,(H,46,47,48)(H,49,50,51)(H2,40,42,43,44,45)/b8-7+. The number of nitrogens with zero attached hydrogens (tertiary/aromatic N) is 3. The van der Waals surface area contributed by atoms with Crippen LogP contribution in [0, 0.1) is 13.8 Å². The largest absolute Gasteiger partial charge is 0.384 e. The summed E-state index contributed by atoms with van der Waals surface area (Å²) in [5.74, 6) is 0.712. The number of hydrogen-bond acceptors (Lipinski definition) is 13. The fourth-order valence-electron chi connectivity index (χ4n) is 5.16. The second kappa shape index (κ2) is 19.3. The molecule has 1 heterocycles. The Kier molecular flexibility index (Phi) is 14.9. The van der Waals surface area contributed by atoms with Crippen molar-refractivity contribution < 1.29 is 25.9 Å². The number of aryl methyl sites for hydroxylation is 2. The summed E-state index contributed by atoms with van der Waals surface area (Å²) in [7, 11) is -8.31. The molecule has 15 nitrogen and oxygen atoms in total. The van der Waals surface area contributed by atoms with Crippen LogP contribution in [0.25, 0.3) is 12.2 Å². The minimum absolute atomic E-state index is 0.0413. The summed E-state index contributed by atoms with van der Waals surface area (Å²) < 4.78 is 62.9. The van der Waals surface area contributed by atoms with Crippen molar-refractivity contribution in [3.63, 3.8) is 0 Å². The average Bonchev–Trinajstić information content (AvgIpc) is 3.06. The highest BCUT2D eigenvalue weighted by molar-refractivity contribution is 7.86. The Morgan fingerprint density at radius 1 is 0.585 bits per heavy atom. The SMILES string of the molecule is CCCNCc1nc(NCCC)nc(Nc2ccc(/C=C/c3ccc(Nc4cc(NCCS(=O)(=O)O)cc(NCCS(=O)(=O)O)c4)cc3C)c(C)c2)n1. The Morgan fingerprint density at radius 2 is 1.09 bits per heavy atom. The highest BCUT2D eigenvalue weighted by Crippen LogP contribution is 2.28. The van der Waals surface area contributed by atoms with Crippen LogP contribution in [-0.2, 0) is 26.8 Å². The molecule has 286 valence electrons. The third-order valence-electron chi connectivity index (χ3n) is 7.76. The van der Waals surface area contributed by atoms with E-state index in [0.29, 0.717) is 41.3 Å². The van der Waals surface area contributed by atoms with Gasteiger partial charge in [0.2, 0.25) is 11.9 Å². The Morgan fingerprint density at radius 3 is 1.60 bits per heavy atom. The molecule has 1 aromatic heterocycles. The summed E-state index contributed by atoms with van der Waals surface area (Å²) >= 11 is 0. The lowest BCUT2D eigenvalue weighted by molar-refractivity contribution is 0.481. The van der Waals surface area contributed by atoms with Crippen LogP contribution in [0.1, 0.15) is 54.8 Å². The number of aromatic nitrogens is 3. The molecule has 0 aliphatic rings. The van der Waals surface area contributed by atoms with Gasteiger partial charge in [0.15, 0.2) is 0 Å². The minimum atomic E-state index is -4.16. The number of hydrogen-bond donors (Lipinski definition) is 8. The summed E-state index contributed by atoms with van der Waals surface area (Å²) in [6, 6.07) is 17.2. The maximum atomic E-state index is 11.2. The molecule has 4 rings (SSSR count). The highest BCUT2D eigenvalue weighted by Gasteiger charge is 2.10. The Labute approximate surface area is 312 Å². The molecule has 0 unspecified atom stereocenters. The molecule has 0 aliphatic heterocycles. The van der Waals surface area contributed by atoms with E-state index in [9.17, 15) is 16.8 Å². The first-order chi connectivity index (χ1) is 25.2. The van der Waals surface area contributed by atoms with Gasteiger partial charge in [-0.25, -0.2) is 0 Å². The van der Waals surface area contributed by atoms with Crippen LogP contribution in [0.2, 0.25) is 0 Å². The molecule has 0 fully saturated rings. The summed E-state index contributed by atoms with van der Waals surface area (Å²) in [6.07, 6.45) is 6.09. The maximum absolute atomic E-state index is 11.2. The molecule has 8 N–H and O–H groups in total. The summed E-state index contributed by atoms with van der Waals surface area (Å²) in [6.45, 7) is 10.4. The van der Waals surface area contributed by atoms with Gasteiger partial charge >= 0.3 is 0 Å². The van der Waals surface area contributed by atoms with Crippen LogP contribution >= 0.6 is 0 Å². The molecule has 17 heteroatoms. The lowest BCUT2D eigenvalue weighted by atomic mass is 10.0. The molecule has 0 saturated carbocycles. The van der Waals surface area contributed by atoms with E-state index < -0.39 is 31.7 Å². The summed E-state index contributed by atoms with van der Waals surface area (Å²) in [5, 5.41) is 19.2. The molecule has 3 aromatic carbocycles. The van der Waals surface area contributed by atoms with Gasteiger partial charge < -0.3 is 31.9 Å². The zero-order valence-corrected chi connectivity index (χ0v) is 32.0. The van der Waals surface area contributed by atoms with Crippen molar-refractivity contribution in [3.05, 3.63) is 82.7 Å². The molecular weight excluding hydrogens is 719 g/mol. The van der Waals surface area contributed by atoms with E-state index in [2.05, 4.69) is 78.9 Å². The monoisotopic (exact) mass is 767 g/mol. The van der Waals surface area contributed by atoms with Gasteiger partial charge in [-0.15, -0.1) is 0 Å². The number of benzene rings is 3. The quantitative estimate of drug-likeness (QED) is 0.0274. The van der Waals surface area contributed by atoms with Gasteiger partial charge in [0.1, 0.15) is 5.82 Å². The van der Waals surface area contributed by atoms with Crippen LogP contribution in [-0.4, -0.2) is 78.6 Å². The fraction of sp³-hybridized carbons (Fsp3) is 0.361. The number of anilines is 7. The molecule has 0 atom stereocenters. The van der Waals surface area contributed by atoms with Crippen molar-refractivity contribution in [2.75, 3.05) is 64.3 Å². The molecule has 0 bridgehead atoms. The van der Waals surface area contributed by atoms with Crippen LogP contribution < -0.4 is 31.9 Å². The van der Waals surface area contributed by atoms with Crippen LogP contribution in [0.4, 0.5) is 40.3 Å². The number of nitrogens with one attached hydrogen (secondary N) is 6. The predicted molar refractivity (Wildman–Crippen MR) is 215 cm³/mol. The first-order valence-electron chi connectivity index (χ1n) is 17.4. The Bertz CT molecular complexity index is 2040. The molecule has 0 saturated heterocycles. The third-order valence-corrected chi connectivity index (χ3v) is 9.20. The maximum Gasteiger partial charge on any atom is 0.266 e. The molecule has 0 aliphatic carbocycles. The van der Waals surface area contributed by atoms with Crippen molar-refractivity contribution in [2.45, 2.75) is 47.1 Å². The minimum Gasteiger partial charge on any atom is -0.384 e. The second-order valence-corrected chi connectivity index (χ2v) is 15.6. The molecule has 0 spiro atoms. The van der Waals surface area contributed by atoms with E-state index in [1.54, 1.807) is 18.2 Å². The lowest BCUT2D eigenvalue weighted by Crippen LogP contribution is -2.18. The Balaban J connectivity index is 1.45. The molecule has 0 radical (unpaired) electrons. The van der Waals surface area contributed by atoms with Crippen LogP contribution in [0.15, 0.2) is 54.6 Å². The van der Waals surface area contributed by atoms with Gasteiger partial charge in [-0.05, 0) is 98.0 Å². The van der Waals surface area contributed by atoms with E-state index in [1.165, 1.54) is 0 Å². The lowest BCUT2D eigenvalue weighted by Gasteiger charge is -2.15.